The van der Waals surface area contributed by atoms with Gasteiger partial charge in [0.25, 0.3) is 5.69 Å². The molecule has 1 N–H and O–H groups in total. The van der Waals surface area contributed by atoms with E-state index in [0.717, 1.165) is 10.2 Å². The number of nitro groups is 1. The molecule has 2 rings (SSSR count). The Kier molecular flexibility index (Phi) is 4.65. The molecule has 0 aromatic heterocycles. The fourth-order valence-electron chi connectivity index (χ4n) is 2.73. The quantitative estimate of drug-likeness (QED) is 0.659. The van der Waals surface area contributed by atoms with Gasteiger partial charge in [0, 0.05) is 28.2 Å². The molecule has 6 heteroatoms. The predicted octanol–water partition coefficient (Wildman–Crippen LogP) is 4.26. The number of hydrogen-bond acceptors (Lipinski definition) is 4. The smallest absolute Gasteiger partial charge is 0.273 e. The topological polar surface area (TPSA) is 58.4 Å². The highest BCUT2D eigenvalue weighted by atomic mass is 79.9. The highest BCUT2D eigenvalue weighted by molar-refractivity contribution is 9.10. The van der Waals surface area contributed by atoms with Crippen molar-refractivity contribution in [2.75, 3.05) is 5.43 Å². The van der Waals surface area contributed by atoms with Gasteiger partial charge in [0.15, 0.2) is 0 Å². The Hall–Kier alpha value is -1.14. The molecule has 2 atom stereocenters. The van der Waals surface area contributed by atoms with Gasteiger partial charge >= 0.3 is 0 Å². The molecule has 1 fully saturated rings. The van der Waals surface area contributed by atoms with E-state index in [2.05, 4.69) is 40.2 Å². The summed E-state index contributed by atoms with van der Waals surface area (Å²) in [6, 6.07) is 4.31. The average Bonchev–Trinajstić information content (AvgIpc) is 2.37. The molecule has 0 radical (unpaired) electrons. The summed E-state index contributed by atoms with van der Waals surface area (Å²) in [6.45, 7) is 6.17. The van der Waals surface area contributed by atoms with Crippen LogP contribution in [0.2, 0.25) is 0 Å². The van der Waals surface area contributed by atoms with E-state index in [1.165, 1.54) is 19.3 Å². The van der Waals surface area contributed by atoms with Gasteiger partial charge in [-0.2, -0.15) is 0 Å². The summed E-state index contributed by atoms with van der Waals surface area (Å²) in [4.78, 5) is 10.6. The van der Waals surface area contributed by atoms with Gasteiger partial charge < -0.3 is 5.43 Å². The fourth-order valence-corrected chi connectivity index (χ4v) is 3.15. The minimum absolute atomic E-state index is 0.141. The van der Waals surface area contributed by atoms with E-state index < -0.39 is 0 Å². The molecule has 1 aromatic carbocycles. The van der Waals surface area contributed by atoms with Crippen LogP contribution in [0, 0.1) is 17.0 Å². The van der Waals surface area contributed by atoms with Crippen LogP contribution in [0.5, 0.6) is 0 Å². The number of halogens is 1. The maximum atomic E-state index is 10.9. The molecule has 0 saturated carbocycles. The highest BCUT2D eigenvalue weighted by Gasteiger charge is 2.25. The van der Waals surface area contributed by atoms with Gasteiger partial charge in [-0.1, -0.05) is 6.42 Å². The molecule has 5 nitrogen and oxygen atoms in total. The zero-order chi connectivity index (χ0) is 14.9. The third-order valence-corrected chi connectivity index (χ3v) is 4.58. The molecule has 20 heavy (non-hydrogen) atoms. The van der Waals surface area contributed by atoms with E-state index >= 15 is 0 Å². The summed E-state index contributed by atoms with van der Waals surface area (Å²) in [7, 11) is 0. The van der Waals surface area contributed by atoms with Crippen molar-refractivity contribution < 1.29 is 4.92 Å². The largest absolute Gasteiger partial charge is 0.317 e. The highest BCUT2D eigenvalue weighted by Crippen LogP contribution is 2.32. The lowest BCUT2D eigenvalue weighted by Crippen LogP contribution is -2.47. The summed E-state index contributed by atoms with van der Waals surface area (Å²) >= 11 is 3.42. The summed E-state index contributed by atoms with van der Waals surface area (Å²) in [5.41, 5.74) is 5.11. The number of hydrogen-bond donors (Lipinski definition) is 1. The van der Waals surface area contributed by atoms with Crippen molar-refractivity contribution in [3.63, 3.8) is 0 Å². The molecule has 0 bridgehead atoms. The van der Waals surface area contributed by atoms with Crippen LogP contribution < -0.4 is 5.43 Å². The number of hydrazine groups is 1. The van der Waals surface area contributed by atoms with Crippen LogP contribution in [-0.2, 0) is 0 Å². The van der Waals surface area contributed by atoms with E-state index in [4.69, 9.17) is 0 Å². The van der Waals surface area contributed by atoms with Crippen LogP contribution in [0.4, 0.5) is 11.4 Å². The van der Waals surface area contributed by atoms with Gasteiger partial charge in [0.1, 0.15) is 0 Å². The fraction of sp³-hybridized carbons (Fsp3) is 0.571. The van der Waals surface area contributed by atoms with Gasteiger partial charge in [-0.05, 0) is 55.6 Å². The molecule has 1 aromatic rings. The Balaban J connectivity index is 2.25. The maximum absolute atomic E-state index is 10.9. The lowest BCUT2D eigenvalue weighted by molar-refractivity contribution is -0.385. The molecule has 2 unspecified atom stereocenters. The second-order valence-electron chi connectivity index (χ2n) is 5.52. The van der Waals surface area contributed by atoms with Crippen molar-refractivity contribution in [1.82, 2.24) is 5.01 Å². The normalized spacial score (nSPS) is 23.6. The maximum Gasteiger partial charge on any atom is 0.273 e. The molecule has 1 heterocycles. The summed E-state index contributed by atoms with van der Waals surface area (Å²) < 4.78 is 0.722. The summed E-state index contributed by atoms with van der Waals surface area (Å²) in [6.07, 6.45) is 3.59. The Bertz CT molecular complexity index is 511. The van der Waals surface area contributed by atoms with Crippen molar-refractivity contribution in [1.29, 1.82) is 0 Å². The molecule has 0 amide bonds. The monoisotopic (exact) mass is 341 g/mol. The lowest BCUT2D eigenvalue weighted by Gasteiger charge is -2.39. The number of nitrogens with zero attached hydrogens (tertiary/aromatic N) is 2. The van der Waals surface area contributed by atoms with E-state index in [9.17, 15) is 10.1 Å². The Labute approximate surface area is 127 Å². The summed E-state index contributed by atoms with van der Waals surface area (Å²) in [5.74, 6) is 0. The first-order chi connectivity index (χ1) is 9.40. The predicted molar refractivity (Wildman–Crippen MR) is 83.8 cm³/mol. The Morgan fingerprint density at radius 2 is 1.95 bits per heavy atom. The van der Waals surface area contributed by atoms with Gasteiger partial charge in [-0.15, -0.1) is 0 Å². The molecular weight excluding hydrogens is 322 g/mol. The minimum atomic E-state index is -0.351. The molecule has 1 aliphatic heterocycles. The van der Waals surface area contributed by atoms with Crippen LogP contribution in [0.3, 0.4) is 0 Å². The zero-order valence-corrected chi connectivity index (χ0v) is 13.6. The van der Waals surface area contributed by atoms with Gasteiger partial charge in [-0.25, -0.2) is 5.01 Å². The number of benzene rings is 1. The Morgan fingerprint density at radius 3 is 2.50 bits per heavy atom. The van der Waals surface area contributed by atoms with Crippen LogP contribution in [0.15, 0.2) is 16.6 Å². The average molecular weight is 342 g/mol. The lowest BCUT2D eigenvalue weighted by atomic mass is 10.00. The van der Waals surface area contributed by atoms with Gasteiger partial charge in [-0.3, -0.25) is 10.1 Å². The second kappa shape index (κ2) is 6.10. The third kappa shape index (κ3) is 3.12. The molecular formula is C14H20BrN3O2. The van der Waals surface area contributed by atoms with Crippen molar-refractivity contribution in [2.45, 2.75) is 52.1 Å². The standard InChI is InChI=1S/C14H20BrN3O2/c1-9-7-13(12(15)8-14(9)18(19)20)16-17-10(2)5-4-6-11(17)3/h7-8,10-11,16H,4-6H2,1-3H3. The van der Waals surface area contributed by atoms with E-state index in [0.29, 0.717) is 17.6 Å². The number of piperidine rings is 1. The van der Waals surface area contributed by atoms with Crippen LogP contribution in [0.25, 0.3) is 0 Å². The first-order valence-corrected chi connectivity index (χ1v) is 7.69. The van der Waals surface area contributed by atoms with Crippen molar-refractivity contribution in [3.05, 3.63) is 32.3 Å². The third-order valence-electron chi connectivity index (χ3n) is 3.93. The van der Waals surface area contributed by atoms with E-state index in [-0.39, 0.29) is 10.6 Å². The van der Waals surface area contributed by atoms with Crippen LogP contribution in [0.1, 0.15) is 38.7 Å². The van der Waals surface area contributed by atoms with Crippen molar-refractivity contribution in [2.24, 2.45) is 0 Å². The minimum Gasteiger partial charge on any atom is -0.317 e. The van der Waals surface area contributed by atoms with Gasteiger partial charge in [0.2, 0.25) is 0 Å². The molecule has 0 spiro atoms. The summed E-state index contributed by atoms with van der Waals surface area (Å²) in [5, 5.41) is 13.2. The molecule has 0 aliphatic carbocycles. The van der Waals surface area contributed by atoms with Crippen molar-refractivity contribution >= 4 is 27.3 Å². The second-order valence-corrected chi connectivity index (χ2v) is 6.38. The molecule has 1 saturated heterocycles. The number of nitro benzene ring substituents is 1. The zero-order valence-electron chi connectivity index (χ0n) is 12.0. The molecule has 1 aliphatic rings. The number of rotatable bonds is 3. The van der Waals surface area contributed by atoms with Gasteiger partial charge in [0.05, 0.1) is 10.6 Å². The number of nitrogens with one attached hydrogen (secondary N) is 1. The van der Waals surface area contributed by atoms with Crippen molar-refractivity contribution in [3.8, 4) is 0 Å². The molecule has 110 valence electrons. The van der Waals surface area contributed by atoms with Crippen LogP contribution >= 0.6 is 15.9 Å². The first kappa shape index (κ1) is 15.3. The first-order valence-electron chi connectivity index (χ1n) is 6.89. The van der Waals surface area contributed by atoms with Crippen LogP contribution in [-0.4, -0.2) is 22.0 Å². The van der Waals surface area contributed by atoms with E-state index in [1.54, 1.807) is 13.0 Å². The SMILES string of the molecule is Cc1cc(NN2C(C)CCCC2C)c(Br)cc1[N+](=O)[O-]. The number of aryl methyl sites for hydroxylation is 1. The van der Waals surface area contributed by atoms with E-state index in [1.807, 2.05) is 6.07 Å². The Morgan fingerprint density at radius 1 is 1.35 bits per heavy atom. The number of anilines is 1.